The number of dihydropyridines is 1. The molecule has 2 N–H and O–H groups in total. The van der Waals surface area contributed by atoms with Gasteiger partial charge in [0.15, 0.2) is 0 Å². The number of nitrogens with one attached hydrogen (secondary N) is 1. The monoisotopic (exact) mass is 301 g/mol. The maximum Gasteiger partial charge on any atom is 0.321 e. The predicted molar refractivity (Wildman–Crippen MR) is 54.8 cm³/mol. The summed E-state index contributed by atoms with van der Waals surface area (Å²) in [7, 11) is 0. The van der Waals surface area contributed by atoms with E-state index in [0.29, 0.717) is 5.57 Å². The maximum absolute atomic E-state index is 12.9. The van der Waals surface area contributed by atoms with Crippen molar-refractivity contribution in [1.29, 1.82) is 0 Å². The lowest BCUT2D eigenvalue weighted by Crippen LogP contribution is -2.32. The number of hydrogen-bond donors (Lipinski definition) is 2. The van der Waals surface area contributed by atoms with E-state index >= 15 is 0 Å². The van der Waals surface area contributed by atoms with Gasteiger partial charge in [0.1, 0.15) is 0 Å². The summed E-state index contributed by atoms with van der Waals surface area (Å²) in [5.41, 5.74) is 0.481. The van der Waals surface area contributed by atoms with E-state index in [1.54, 1.807) is 6.92 Å². The van der Waals surface area contributed by atoms with Crippen LogP contribution in [0.25, 0.3) is 0 Å². The van der Waals surface area contributed by atoms with Crippen molar-refractivity contribution >= 4 is 22.6 Å². The van der Waals surface area contributed by atoms with Gasteiger partial charge < -0.3 is 10.4 Å². The van der Waals surface area contributed by atoms with E-state index in [0.717, 1.165) is 22.6 Å². The predicted octanol–water partition coefficient (Wildman–Crippen LogP) is 1.81. The molecule has 0 saturated carbocycles. The first-order valence-corrected chi connectivity index (χ1v) is 4.86. The molecule has 0 aromatic heterocycles. The van der Waals surface area contributed by atoms with Crippen LogP contribution in [0.1, 0.15) is 6.92 Å². The van der Waals surface area contributed by atoms with E-state index in [-0.39, 0.29) is 12.2 Å². The van der Waals surface area contributed by atoms with Crippen LogP contribution >= 0.6 is 22.6 Å². The van der Waals surface area contributed by atoms with Crippen LogP contribution in [-0.4, -0.2) is 21.7 Å². The van der Waals surface area contributed by atoms with E-state index in [1.165, 1.54) is 12.3 Å². The van der Waals surface area contributed by atoms with Crippen LogP contribution in [0.3, 0.4) is 0 Å². The van der Waals surface area contributed by atoms with Gasteiger partial charge in [0.2, 0.25) is 0 Å². The molecule has 1 atom stereocenters. The third-order valence-electron chi connectivity index (χ3n) is 1.81. The first kappa shape index (κ1) is 10.9. The van der Waals surface area contributed by atoms with E-state index < -0.39 is 9.97 Å². The molecule has 0 fully saturated rings. The Morgan fingerprint density at radius 3 is 2.77 bits per heavy atom. The highest BCUT2D eigenvalue weighted by molar-refractivity contribution is 14.1. The first-order chi connectivity index (χ1) is 5.95. The molecular formula is C8H10F2INO. The van der Waals surface area contributed by atoms with Crippen molar-refractivity contribution < 1.29 is 13.9 Å². The second kappa shape index (κ2) is 3.91. The van der Waals surface area contributed by atoms with Gasteiger partial charge in [0.05, 0.1) is 12.6 Å². The molecule has 0 amide bonds. The summed E-state index contributed by atoms with van der Waals surface area (Å²) >= 11 is 1.09. The van der Waals surface area contributed by atoms with Gasteiger partial charge in [-0.2, -0.15) is 8.78 Å². The van der Waals surface area contributed by atoms with E-state index in [9.17, 15) is 8.78 Å². The van der Waals surface area contributed by atoms with Crippen LogP contribution in [0, 0.1) is 0 Å². The van der Waals surface area contributed by atoms with Crippen LogP contribution < -0.4 is 5.32 Å². The van der Waals surface area contributed by atoms with Gasteiger partial charge in [-0.3, -0.25) is 0 Å². The Bertz CT molecular complexity index is 257. The molecule has 5 heteroatoms. The van der Waals surface area contributed by atoms with Gasteiger partial charge in [-0.05, 0) is 18.6 Å². The van der Waals surface area contributed by atoms with Crippen molar-refractivity contribution in [2.24, 2.45) is 0 Å². The largest absolute Gasteiger partial charge is 0.394 e. The molecule has 13 heavy (non-hydrogen) atoms. The number of aliphatic hydroxyl groups excluding tert-OH is 1. The van der Waals surface area contributed by atoms with Crippen molar-refractivity contribution in [3.05, 3.63) is 23.4 Å². The highest BCUT2D eigenvalue weighted by Gasteiger charge is 2.32. The normalized spacial score (nSPS) is 23.3. The molecule has 0 bridgehead atoms. The number of aliphatic hydroxyl groups is 1. The van der Waals surface area contributed by atoms with Gasteiger partial charge in [-0.1, -0.05) is 0 Å². The number of alkyl halides is 3. The van der Waals surface area contributed by atoms with Crippen molar-refractivity contribution in [2.45, 2.75) is 16.9 Å². The quantitative estimate of drug-likeness (QED) is 0.602. The average Bonchev–Trinajstić information content (AvgIpc) is 2.03. The number of halogens is 3. The second-order valence-electron chi connectivity index (χ2n) is 2.86. The molecule has 74 valence electrons. The van der Waals surface area contributed by atoms with Crippen LogP contribution in [-0.2, 0) is 0 Å². The Balaban J connectivity index is 2.91. The molecule has 0 saturated heterocycles. The number of rotatable bonds is 2. The molecule has 1 rings (SSSR count). The molecule has 0 aliphatic carbocycles. The van der Waals surface area contributed by atoms with Gasteiger partial charge in [-0.25, -0.2) is 0 Å². The zero-order valence-electron chi connectivity index (χ0n) is 7.02. The van der Waals surface area contributed by atoms with Crippen molar-refractivity contribution in [3.63, 3.8) is 0 Å². The average molecular weight is 301 g/mol. The maximum atomic E-state index is 12.9. The Labute approximate surface area is 88.8 Å². The molecule has 0 unspecified atom stereocenters. The summed E-state index contributed by atoms with van der Waals surface area (Å²) in [5, 5.41) is 11.6. The van der Waals surface area contributed by atoms with E-state index in [2.05, 4.69) is 5.32 Å². The standard InChI is InChI=1S/C8H10F2INO/c1-5-3-12-6(4-13)2-7(5)8(9,10)11/h2-3,6,12-13H,4H2,1H3/t6-/m0/s1. The molecule has 2 nitrogen and oxygen atoms in total. The summed E-state index contributed by atoms with van der Waals surface area (Å²) in [6, 6.07) is -0.403. The summed E-state index contributed by atoms with van der Waals surface area (Å²) in [6.45, 7) is 1.43. The van der Waals surface area contributed by atoms with Crippen LogP contribution in [0.4, 0.5) is 8.78 Å². The van der Waals surface area contributed by atoms with Crippen molar-refractivity contribution in [2.75, 3.05) is 6.61 Å². The van der Waals surface area contributed by atoms with E-state index in [1.807, 2.05) is 0 Å². The molecular weight excluding hydrogens is 291 g/mol. The Morgan fingerprint density at radius 2 is 2.31 bits per heavy atom. The first-order valence-electron chi connectivity index (χ1n) is 3.78. The topological polar surface area (TPSA) is 32.3 Å². The lowest BCUT2D eigenvalue weighted by molar-refractivity contribution is 0.169. The van der Waals surface area contributed by atoms with Crippen LogP contribution in [0.2, 0.25) is 0 Å². The summed E-state index contributed by atoms with van der Waals surface area (Å²) in [4.78, 5) is 0. The molecule has 1 aliphatic rings. The fourth-order valence-electron chi connectivity index (χ4n) is 1.11. The van der Waals surface area contributed by atoms with Crippen molar-refractivity contribution in [1.82, 2.24) is 5.32 Å². The zero-order chi connectivity index (χ0) is 10.1. The molecule has 0 radical (unpaired) electrons. The third kappa shape index (κ3) is 2.63. The smallest absolute Gasteiger partial charge is 0.321 e. The minimum absolute atomic E-state index is 0.0223. The molecule has 1 heterocycles. The Morgan fingerprint density at radius 1 is 1.69 bits per heavy atom. The van der Waals surface area contributed by atoms with Gasteiger partial charge in [0, 0.05) is 34.4 Å². The summed E-state index contributed by atoms with van der Waals surface area (Å²) in [6.07, 6.45) is 2.87. The fraction of sp³-hybridized carbons (Fsp3) is 0.500. The van der Waals surface area contributed by atoms with Gasteiger partial charge in [0.25, 0.3) is 0 Å². The SMILES string of the molecule is CC1=CN[C@H](CO)C=C1C(F)(F)I. The van der Waals surface area contributed by atoms with Crippen molar-refractivity contribution in [3.8, 4) is 0 Å². The number of allylic oxidation sites excluding steroid dienone is 2. The highest BCUT2D eigenvalue weighted by Crippen LogP contribution is 2.36. The van der Waals surface area contributed by atoms with Gasteiger partial charge >= 0.3 is 3.93 Å². The van der Waals surface area contributed by atoms with Crippen LogP contribution in [0.5, 0.6) is 0 Å². The molecule has 1 aliphatic heterocycles. The molecule has 0 aromatic carbocycles. The third-order valence-corrected chi connectivity index (χ3v) is 2.39. The summed E-state index contributed by atoms with van der Waals surface area (Å²) < 4.78 is 23.0. The Hall–Kier alpha value is -0.170. The molecule has 0 aromatic rings. The van der Waals surface area contributed by atoms with Crippen LogP contribution in [0.15, 0.2) is 23.4 Å². The van der Waals surface area contributed by atoms with E-state index in [4.69, 9.17) is 5.11 Å². The summed E-state index contributed by atoms with van der Waals surface area (Å²) in [5.74, 6) is 0. The minimum atomic E-state index is -2.87. The second-order valence-corrected chi connectivity index (χ2v) is 4.22. The van der Waals surface area contributed by atoms with Gasteiger partial charge in [-0.15, -0.1) is 0 Å². The zero-order valence-corrected chi connectivity index (χ0v) is 9.18. The highest BCUT2D eigenvalue weighted by atomic mass is 127. The molecule has 0 spiro atoms. The Kier molecular flexibility index (Phi) is 3.28. The lowest BCUT2D eigenvalue weighted by Gasteiger charge is -2.23. The minimum Gasteiger partial charge on any atom is -0.394 e. The number of hydrogen-bond acceptors (Lipinski definition) is 2. The lowest BCUT2D eigenvalue weighted by atomic mass is 10.0. The fourth-order valence-corrected chi connectivity index (χ4v) is 1.72.